The number of carbonyl (C=O) groups excluding carboxylic acids is 2. The van der Waals surface area contributed by atoms with Crippen LogP contribution in [0.5, 0.6) is 0 Å². The minimum atomic E-state index is -1.07. The summed E-state index contributed by atoms with van der Waals surface area (Å²) >= 11 is 0. The number of epoxide rings is 1. The van der Waals surface area contributed by atoms with Crippen molar-refractivity contribution in [3.63, 3.8) is 0 Å². The second kappa shape index (κ2) is 15.7. The van der Waals surface area contributed by atoms with E-state index in [-0.39, 0.29) is 28.7 Å². The van der Waals surface area contributed by atoms with Crippen molar-refractivity contribution in [2.45, 2.75) is 144 Å². The molecule has 3 rings (SSSR count). The van der Waals surface area contributed by atoms with E-state index in [4.69, 9.17) is 9.47 Å². The first kappa shape index (κ1) is 40.2. The summed E-state index contributed by atoms with van der Waals surface area (Å²) in [6, 6.07) is 0. The molecule has 6 nitrogen and oxygen atoms in total. The Labute approximate surface area is 295 Å². The van der Waals surface area contributed by atoms with Crippen molar-refractivity contribution in [3.05, 3.63) is 100 Å². The highest BCUT2D eigenvalue weighted by Crippen LogP contribution is 2.67. The number of allylic oxidation sites excluding steroid dienone is 14. The number of ether oxygens (including phenoxy) is 2. The van der Waals surface area contributed by atoms with Gasteiger partial charge in [-0.25, -0.2) is 0 Å². The molecular formula is C43H60O6. The lowest BCUT2D eigenvalue weighted by Gasteiger charge is -2.43. The minimum Gasteiger partial charge on any atom is -0.462 e. The molecule has 2 N–H and O–H groups in total. The molecule has 1 saturated heterocycles. The zero-order valence-corrected chi connectivity index (χ0v) is 31.8. The first-order chi connectivity index (χ1) is 22.7. The average Bonchev–Trinajstić information content (AvgIpc) is 3.58. The Morgan fingerprint density at radius 3 is 1.96 bits per heavy atom. The van der Waals surface area contributed by atoms with Crippen LogP contribution in [-0.4, -0.2) is 51.0 Å². The summed E-state index contributed by atoms with van der Waals surface area (Å²) < 4.78 is 12.0. The van der Waals surface area contributed by atoms with Gasteiger partial charge in [-0.05, 0) is 77.0 Å². The van der Waals surface area contributed by atoms with Gasteiger partial charge in [0.15, 0.2) is 5.78 Å². The van der Waals surface area contributed by atoms with Gasteiger partial charge in [-0.2, -0.15) is 0 Å². The quantitative estimate of drug-likeness (QED) is 0.0706. The van der Waals surface area contributed by atoms with Gasteiger partial charge >= 0.3 is 5.97 Å². The van der Waals surface area contributed by atoms with Crippen LogP contribution >= 0.6 is 0 Å². The maximum absolute atomic E-state index is 13.3. The van der Waals surface area contributed by atoms with Gasteiger partial charge in [0.25, 0.3) is 0 Å². The number of Topliss-reactive ketones (excluding diaryl/α,β-unsaturated/α-hetero) is 1. The predicted molar refractivity (Wildman–Crippen MR) is 199 cm³/mol. The second-order valence-corrected chi connectivity index (χ2v) is 16.1. The van der Waals surface area contributed by atoms with Crippen molar-refractivity contribution in [2.75, 3.05) is 0 Å². The van der Waals surface area contributed by atoms with E-state index in [1.165, 1.54) is 0 Å². The predicted octanol–water partition coefficient (Wildman–Crippen LogP) is 9.08. The number of rotatable bonds is 12. The average molecular weight is 673 g/mol. The monoisotopic (exact) mass is 672 g/mol. The van der Waals surface area contributed by atoms with Crippen molar-refractivity contribution in [3.8, 4) is 0 Å². The summed E-state index contributed by atoms with van der Waals surface area (Å²) in [7, 11) is 0. The number of esters is 1. The van der Waals surface area contributed by atoms with Crippen LogP contribution in [0.25, 0.3) is 0 Å². The van der Waals surface area contributed by atoms with E-state index in [9.17, 15) is 19.8 Å². The molecule has 268 valence electrons. The van der Waals surface area contributed by atoms with E-state index in [0.717, 1.165) is 22.3 Å². The van der Waals surface area contributed by atoms with Crippen LogP contribution < -0.4 is 0 Å². The first-order valence-corrected chi connectivity index (χ1v) is 17.7. The van der Waals surface area contributed by atoms with Crippen LogP contribution in [0.1, 0.15) is 115 Å². The Balaban J connectivity index is 1.53. The second-order valence-electron chi connectivity index (χ2n) is 16.1. The maximum Gasteiger partial charge on any atom is 0.305 e. The molecule has 0 radical (unpaired) electrons. The van der Waals surface area contributed by atoms with E-state index in [0.29, 0.717) is 44.1 Å². The zero-order valence-electron chi connectivity index (χ0n) is 31.8. The van der Waals surface area contributed by atoms with Crippen molar-refractivity contribution in [2.24, 2.45) is 10.8 Å². The highest BCUT2D eigenvalue weighted by Gasteiger charge is 2.76. The Morgan fingerprint density at radius 1 is 0.837 bits per heavy atom. The van der Waals surface area contributed by atoms with E-state index < -0.39 is 22.9 Å². The minimum absolute atomic E-state index is 0.0702. The molecule has 3 fully saturated rings. The molecule has 0 aromatic heterocycles. The summed E-state index contributed by atoms with van der Waals surface area (Å²) in [5.74, 6) is -0.124. The van der Waals surface area contributed by atoms with Crippen molar-refractivity contribution >= 4 is 11.8 Å². The Kier molecular flexibility index (Phi) is 12.9. The Morgan fingerprint density at radius 2 is 1.41 bits per heavy atom. The van der Waals surface area contributed by atoms with Crippen molar-refractivity contribution in [1.29, 1.82) is 0 Å². The number of carbonyl (C=O) groups is 2. The number of aliphatic hydroxyl groups is 2. The smallest absolute Gasteiger partial charge is 0.305 e. The van der Waals surface area contributed by atoms with E-state index in [1.807, 2.05) is 115 Å². The lowest BCUT2D eigenvalue weighted by atomic mass is 9.61. The van der Waals surface area contributed by atoms with Crippen LogP contribution in [0.4, 0.5) is 0 Å². The van der Waals surface area contributed by atoms with Gasteiger partial charge in [-0.1, -0.05) is 107 Å². The fourth-order valence-corrected chi connectivity index (χ4v) is 7.79. The number of ketones is 1. The molecule has 5 unspecified atom stereocenters. The summed E-state index contributed by atoms with van der Waals surface area (Å²) in [4.78, 5) is 25.2. The lowest BCUT2D eigenvalue weighted by Crippen LogP contribution is -2.49. The van der Waals surface area contributed by atoms with Gasteiger partial charge in [0.1, 0.15) is 11.7 Å². The molecule has 2 saturated carbocycles. The molecule has 1 heterocycles. The summed E-state index contributed by atoms with van der Waals surface area (Å²) in [6.45, 7) is 21.8. The standard InChI is InChI=1S/C43H60O6/c1-12-38(46)48-35-27-40(8,9)43(42(11,28-35)49-43)29-36(45)33(5)22-16-21-31(3)18-14-13-17-30(2)19-15-20-32(4)23-24-37-39(6,7)25-34(44)26-41(37,10)47/h13-23,34-35,44,47H,12,25-29H2,1-11H3. The number of hydrogen-bond donors (Lipinski definition) is 2. The van der Waals surface area contributed by atoms with Gasteiger partial charge in [-0.3, -0.25) is 9.59 Å². The summed E-state index contributed by atoms with van der Waals surface area (Å²) in [6.07, 6.45) is 24.0. The molecule has 0 spiro atoms. The van der Waals surface area contributed by atoms with E-state index >= 15 is 0 Å². The fraction of sp³-hybridized carbons (Fsp3) is 0.558. The number of fused-ring (bicyclic) bond motifs is 1. The van der Waals surface area contributed by atoms with Crippen molar-refractivity contribution in [1.82, 2.24) is 0 Å². The largest absolute Gasteiger partial charge is 0.462 e. The number of hydrogen-bond acceptors (Lipinski definition) is 6. The molecule has 6 heteroatoms. The Bertz CT molecular complexity index is 1530. The van der Waals surface area contributed by atoms with Crippen LogP contribution in [0.3, 0.4) is 0 Å². The third-order valence-electron chi connectivity index (χ3n) is 10.4. The molecule has 0 bridgehead atoms. The zero-order chi connectivity index (χ0) is 36.8. The van der Waals surface area contributed by atoms with E-state index in [2.05, 4.69) is 19.6 Å². The molecule has 1 aliphatic heterocycles. The maximum atomic E-state index is 13.3. The third kappa shape index (κ3) is 10.1. The fourth-order valence-electron chi connectivity index (χ4n) is 7.79. The van der Waals surface area contributed by atoms with Crippen LogP contribution in [0.15, 0.2) is 100 Å². The third-order valence-corrected chi connectivity index (χ3v) is 10.4. The highest BCUT2D eigenvalue weighted by atomic mass is 16.6. The van der Waals surface area contributed by atoms with E-state index in [1.54, 1.807) is 13.8 Å². The number of aliphatic hydroxyl groups excluding tert-OH is 1. The lowest BCUT2D eigenvalue weighted by molar-refractivity contribution is -0.153. The summed E-state index contributed by atoms with van der Waals surface area (Å²) in [5, 5.41) is 21.0. The summed E-state index contributed by atoms with van der Waals surface area (Å²) in [5.41, 5.74) is 5.30. The SMILES string of the molecule is CCC(=O)OC1CC(C)(C)C2(CC(=O)C(C)=CC=CC(C)=CC=CC=C(C)C=CC=C(C)C=C=C3C(C)(C)CC(O)CC3(C)O)OC2(C)C1. The molecule has 5 atom stereocenters. The van der Waals surface area contributed by atoms with Crippen LogP contribution in [0.2, 0.25) is 0 Å². The van der Waals surface area contributed by atoms with Crippen LogP contribution in [-0.2, 0) is 19.1 Å². The molecule has 2 aliphatic carbocycles. The van der Waals surface area contributed by atoms with Crippen molar-refractivity contribution < 1.29 is 29.3 Å². The van der Waals surface area contributed by atoms with Gasteiger partial charge in [0, 0.05) is 36.7 Å². The molecule has 49 heavy (non-hydrogen) atoms. The van der Waals surface area contributed by atoms with Crippen LogP contribution in [0, 0.1) is 10.8 Å². The highest BCUT2D eigenvalue weighted by molar-refractivity contribution is 5.96. The molecule has 3 aliphatic rings. The van der Waals surface area contributed by atoms with Gasteiger partial charge < -0.3 is 19.7 Å². The molecular weight excluding hydrogens is 612 g/mol. The Hall–Kier alpha value is -3.28. The van der Waals surface area contributed by atoms with Gasteiger partial charge in [-0.15, -0.1) is 5.73 Å². The molecule has 0 aromatic rings. The molecule has 0 aromatic carbocycles. The van der Waals surface area contributed by atoms with Gasteiger partial charge in [0.05, 0.1) is 17.3 Å². The normalized spacial score (nSPS) is 32.0. The topological polar surface area (TPSA) is 96.4 Å². The molecule has 0 amide bonds. The first-order valence-electron chi connectivity index (χ1n) is 17.7. The van der Waals surface area contributed by atoms with Gasteiger partial charge in [0.2, 0.25) is 0 Å².